The predicted molar refractivity (Wildman–Crippen MR) is 46.4 cm³/mol. The topological polar surface area (TPSA) is 72.8 Å². The normalized spacial score (nSPS) is 18.6. The molecule has 2 rings (SSSR count). The van der Waals surface area contributed by atoms with Crippen LogP contribution in [0, 0.1) is 0 Å². The van der Waals surface area contributed by atoms with E-state index in [9.17, 15) is 9.59 Å². The molecule has 0 radical (unpaired) electrons. The van der Waals surface area contributed by atoms with Gasteiger partial charge in [0.05, 0.1) is 0 Å². The van der Waals surface area contributed by atoms with Crippen molar-refractivity contribution in [3.63, 3.8) is 0 Å². The van der Waals surface area contributed by atoms with Gasteiger partial charge in [0, 0.05) is 12.8 Å². The van der Waals surface area contributed by atoms with Crippen molar-refractivity contribution < 1.29 is 9.59 Å². The molecule has 1 aliphatic rings. The second-order valence-electron chi connectivity index (χ2n) is 3.22. The second kappa shape index (κ2) is 3.61. The maximum atomic E-state index is 11.5. The number of carbonyl (C=O) groups is 2. The molecule has 0 aromatic carbocycles. The molecule has 1 saturated carbocycles. The largest absolute Gasteiger partial charge is 0.298 e. The first-order chi connectivity index (χ1) is 6.79. The van der Waals surface area contributed by atoms with Gasteiger partial charge in [0.15, 0.2) is 11.6 Å². The Morgan fingerprint density at radius 3 is 2.21 bits per heavy atom. The molecular weight excluding hydrogens is 182 g/mol. The fourth-order valence-electron chi connectivity index (χ4n) is 1.59. The lowest BCUT2D eigenvalue weighted by atomic mass is 9.86. The van der Waals surface area contributed by atoms with Gasteiger partial charge < -0.3 is 0 Å². The number of rotatable bonds is 1. The zero-order valence-electron chi connectivity index (χ0n) is 7.51. The van der Waals surface area contributed by atoms with E-state index in [1.54, 1.807) is 0 Å². The molecule has 1 fully saturated rings. The molecule has 0 aliphatic heterocycles. The van der Waals surface area contributed by atoms with Crippen molar-refractivity contribution in [2.75, 3.05) is 0 Å². The van der Waals surface area contributed by atoms with Crippen LogP contribution in [0.2, 0.25) is 0 Å². The predicted octanol–water partition coefficient (Wildman–Crippen LogP) is 0.277. The van der Waals surface area contributed by atoms with Crippen LogP contribution >= 0.6 is 0 Å². The van der Waals surface area contributed by atoms with Gasteiger partial charge in [0.1, 0.15) is 24.4 Å². The van der Waals surface area contributed by atoms with Gasteiger partial charge in [-0.05, 0) is 6.42 Å². The minimum absolute atomic E-state index is 0.0764. The Bertz CT molecular complexity index is 348. The molecule has 0 N–H and O–H groups in total. The standard InChI is InChI=1S/C9H9N3O2/c13-6-2-1-3-7(14)8(6)9-11-4-10-5-12-9/h4-5,8H,1-3H2. The third kappa shape index (κ3) is 1.53. The molecule has 0 bridgehead atoms. The first kappa shape index (κ1) is 8.93. The molecule has 1 aromatic rings. The zero-order valence-corrected chi connectivity index (χ0v) is 7.51. The van der Waals surface area contributed by atoms with Crippen molar-refractivity contribution in [3.8, 4) is 0 Å². The van der Waals surface area contributed by atoms with E-state index in [2.05, 4.69) is 15.0 Å². The van der Waals surface area contributed by atoms with Crippen molar-refractivity contribution in [2.24, 2.45) is 0 Å². The number of carbonyl (C=O) groups excluding carboxylic acids is 2. The maximum absolute atomic E-state index is 11.5. The fraction of sp³-hybridized carbons (Fsp3) is 0.444. The Hall–Kier alpha value is -1.65. The summed E-state index contributed by atoms with van der Waals surface area (Å²) < 4.78 is 0. The van der Waals surface area contributed by atoms with E-state index in [0.717, 1.165) is 0 Å². The summed E-state index contributed by atoms with van der Waals surface area (Å²) in [4.78, 5) is 34.3. The molecule has 1 heterocycles. The van der Waals surface area contributed by atoms with E-state index in [0.29, 0.717) is 19.3 Å². The second-order valence-corrected chi connectivity index (χ2v) is 3.22. The highest BCUT2D eigenvalue weighted by atomic mass is 16.2. The SMILES string of the molecule is O=C1CCCC(=O)C1c1ncncn1. The highest BCUT2D eigenvalue weighted by Gasteiger charge is 2.33. The average Bonchev–Trinajstić information content (AvgIpc) is 2.19. The minimum Gasteiger partial charge on any atom is -0.298 e. The zero-order chi connectivity index (χ0) is 9.97. The molecule has 0 amide bonds. The number of ketones is 2. The highest BCUT2D eigenvalue weighted by molar-refractivity contribution is 6.08. The van der Waals surface area contributed by atoms with E-state index in [1.165, 1.54) is 12.7 Å². The molecule has 5 nitrogen and oxygen atoms in total. The van der Waals surface area contributed by atoms with Gasteiger partial charge in [-0.1, -0.05) is 0 Å². The van der Waals surface area contributed by atoms with Gasteiger partial charge in [-0.15, -0.1) is 0 Å². The van der Waals surface area contributed by atoms with Gasteiger partial charge in [-0.25, -0.2) is 15.0 Å². The number of nitrogens with zero attached hydrogens (tertiary/aromatic N) is 3. The van der Waals surface area contributed by atoms with Crippen LogP contribution in [0.1, 0.15) is 31.0 Å². The first-order valence-electron chi connectivity index (χ1n) is 4.46. The van der Waals surface area contributed by atoms with Gasteiger partial charge in [0.2, 0.25) is 0 Å². The Morgan fingerprint density at radius 2 is 1.64 bits per heavy atom. The molecule has 0 spiro atoms. The Morgan fingerprint density at radius 1 is 1.07 bits per heavy atom. The molecule has 0 atom stereocenters. The summed E-state index contributed by atoms with van der Waals surface area (Å²) in [6, 6.07) is 0. The van der Waals surface area contributed by atoms with E-state index in [4.69, 9.17) is 0 Å². The van der Waals surface area contributed by atoms with Gasteiger partial charge in [-0.2, -0.15) is 0 Å². The molecule has 72 valence electrons. The summed E-state index contributed by atoms with van der Waals surface area (Å²) >= 11 is 0. The summed E-state index contributed by atoms with van der Waals surface area (Å²) in [5.74, 6) is -0.610. The van der Waals surface area contributed by atoms with Gasteiger partial charge in [-0.3, -0.25) is 9.59 Å². The maximum Gasteiger partial charge on any atom is 0.151 e. The van der Waals surface area contributed by atoms with Crippen LogP contribution in [0.5, 0.6) is 0 Å². The summed E-state index contributed by atoms with van der Waals surface area (Å²) in [6.45, 7) is 0. The van der Waals surface area contributed by atoms with Gasteiger partial charge >= 0.3 is 0 Å². The van der Waals surface area contributed by atoms with E-state index < -0.39 is 5.92 Å². The summed E-state index contributed by atoms with van der Waals surface area (Å²) in [7, 11) is 0. The van der Waals surface area contributed by atoms with E-state index in [1.807, 2.05) is 0 Å². The van der Waals surface area contributed by atoms with Crippen molar-refractivity contribution in [2.45, 2.75) is 25.2 Å². The number of hydrogen-bond donors (Lipinski definition) is 0. The average molecular weight is 191 g/mol. The monoisotopic (exact) mass is 191 g/mol. The quantitative estimate of drug-likeness (QED) is 0.596. The summed E-state index contributed by atoms with van der Waals surface area (Å²) in [5.41, 5.74) is 0. The third-order valence-electron chi connectivity index (χ3n) is 2.26. The molecule has 1 aromatic heterocycles. The first-order valence-corrected chi connectivity index (χ1v) is 4.46. The van der Waals surface area contributed by atoms with Crippen LogP contribution in [-0.2, 0) is 9.59 Å². The lowest BCUT2D eigenvalue weighted by Crippen LogP contribution is -2.28. The fourth-order valence-corrected chi connectivity index (χ4v) is 1.59. The van der Waals surface area contributed by atoms with Crippen molar-refractivity contribution in [1.82, 2.24) is 15.0 Å². The Balaban J connectivity index is 2.32. The van der Waals surface area contributed by atoms with Crippen molar-refractivity contribution >= 4 is 11.6 Å². The van der Waals surface area contributed by atoms with Crippen LogP contribution in [0.3, 0.4) is 0 Å². The number of hydrogen-bond acceptors (Lipinski definition) is 5. The molecule has 5 heteroatoms. The highest BCUT2D eigenvalue weighted by Crippen LogP contribution is 2.23. The third-order valence-corrected chi connectivity index (χ3v) is 2.26. The number of aromatic nitrogens is 3. The smallest absolute Gasteiger partial charge is 0.151 e. The lowest BCUT2D eigenvalue weighted by molar-refractivity contribution is -0.132. The minimum atomic E-state index is -0.744. The van der Waals surface area contributed by atoms with Crippen LogP contribution < -0.4 is 0 Å². The van der Waals surface area contributed by atoms with Crippen LogP contribution in [0.4, 0.5) is 0 Å². The molecule has 1 aliphatic carbocycles. The molecular formula is C9H9N3O2. The van der Waals surface area contributed by atoms with Crippen LogP contribution in [0.25, 0.3) is 0 Å². The summed E-state index contributed by atoms with van der Waals surface area (Å²) in [6.07, 6.45) is 4.15. The van der Waals surface area contributed by atoms with Gasteiger partial charge in [0.25, 0.3) is 0 Å². The Labute approximate surface area is 80.6 Å². The Kier molecular flexibility index (Phi) is 2.30. The van der Waals surface area contributed by atoms with Crippen LogP contribution in [-0.4, -0.2) is 26.5 Å². The van der Waals surface area contributed by atoms with E-state index in [-0.39, 0.29) is 17.4 Å². The van der Waals surface area contributed by atoms with Crippen molar-refractivity contribution in [3.05, 3.63) is 18.5 Å². The molecule has 0 unspecified atom stereocenters. The molecule has 14 heavy (non-hydrogen) atoms. The van der Waals surface area contributed by atoms with Crippen molar-refractivity contribution in [1.29, 1.82) is 0 Å². The molecule has 0 saturated heterocycles. The summed E-state index contributed by atoms with van der Waals surface area (Å²) in [5, 5.41) is 0. The van der Waals surface area contributed by atoms with E-state index >= 15 is 0 Å². The van der Waals surface area contributed by atoms with Crippen LogP contribution in [0.15, 0.2) is 12.7 Å². The lowest BCUT2D eigenvalue weighted by Gasteiger charge is -2.17. The number of Topliss-reactive ketones (excluding diaryl/α,β-unsaturated/α-hetero) is 2.